The van der Waals surface area contributed by atoms with Crippen molar-refractivity contribution in [3.63, 3.8) is 0 Å². The SMILES string of the molecule is CCC(C)(C)C(=O)O[C@H]1C[C@@H](C)C[C@@H]2CCC(C)C(CC[C@@H]3C[C@@H](O)CC(=O)O3)C21. The molecule has 2 aliphatic carbocycles. The minimum Gasteiger partial charge on any atom is -0.462 e. The predicted octanol–water partition coefficient (Wildman–Crippen LogP) is 4.89. The number of aliphatic hydroxyl groups is 1. The van der Waals surface area contributed by atoms with E-state index in [0.29, 0.717) is 36.0 Å². The second-order valence-electron chi connectivity index (χ2n) is 11.1. The lowest BCUT2D eigenvalue weighted by Crippen LogP contribution is -2.48. The normalized spacial score (nSPS) is 39.7. The molecule has 3 rings (SSSR count). The van der Waals surface area contributed by atoms with Crippen molar-refractivity contribution < 1.29 is 24.2 Å². The smallest absolute Gasteiger partial charge is 0.311 e. The summed E-state index contributed by atoms with van der Waals surface area (Å²) < 4.78 is 11.7. The number of carbonyl (C=O) groups is 2. The summed E-state index contributed by atoms with van der Waals surface area (Å²) in [5.74, 6) is 2.28. The Morgan fingerprint density at radius 2 is 1.90 bits per heavy atom. The molecule has 0 aromatic rings. The number of aliphatic hydroxyl groups excluding tert-OH is 1. The van der Waals surface area contributed by atoms with Crippen LogP contribution in [0.15, 0.2) is 0 Å². The van der Waals surface area contributed by atoms with Gasteiger partial charge in [-0.25, -0.2) is 0 Å². The van der Waals surface area contributed by atoms with Gasteiger partial charge in [-0.1, -0.05) is 27.2 Å². The van der Waals surface area contributed by atoms with Crippen molar-refractivity contribution >= 4 is 11.9 Å². The van der Waals surface area contributed by atoms with Gasteiger partial charge in [0, 0.05) is 12.3 Å². The maximum absolute atomic E-state index is 12.9. The van der Waals surface area contributed by atoms with E-state index in [1.54, 1.807) is 0 Å². The molecule has 1 saturated heterocycles. The van der Waals surface area contributed by atoms with Gasteiger partial charge in [-0.3, -0.25) is 9.59 Å². The first-order chi connectivity index (χ1) is 14.1. The Kier molecular flexibility index (Phi) is 7.53. The number of hydrogen-bond acceptors (Lipinski definition) is 5. The Labute approximate surface area is 182 Å². The molecule has 2 saturated carbocycles. The summed E-state index contributed by atoms with van der Waals surface area (Å²) in [5, 5.41) is 9.94. The fourth-order valence-electron chi connectivity index (χ4n) is 6.09. The van der Waals surface area contributed by atoms with E-state index in [1.165, 1.54) is 19.3 Å². The van der Waals surface area contributed by atoms with Crippen molar-refractivity contribution in [3.8, 4) is 0 Å². The Morgan fingerprint density at radius 1 is 1.17 bits per heavy atom. The van der Waals surface area contributed by atoms with E-state index in [1.807, 2.05) is 20.8 Å². The van der Waals surface area contributed by atoms with Crippen LogP contribution in [0.2, 0.25) is 0 Å². The minimum absolute atomic E-state index is 0.00989. The van der Waals surface area contributed by atoms with Gasteiger partial charge in [-0.2, -0.15) is 0 Å². The van der Waals surface area contributed by atoms with Crippen molar-refractivity contribution in [1.29, 1.82) is 0 Å². The molecule has 172 valence electrons. The molecule has 0 aromatic carbocycles. The van der Waals surface area contributed by atoms with Crippen LogP contribution in [0.1, 0.15) is 92.4 Å². The topological polar surface area (TPSA) is 72.8 Å². The first-order valence-corrected chi connectivity index (χ1v) is 12.2. The summed E-state index contributed by atoms with van der Waals surface area (Å²) >= 11 is 0. The van der Waals surface area contributed by atoms with Crippen molar-refractivity contribution in [1.82, 2.24) is 0 Å². The van der Waals surface area contributed by atoms with Gasteiger partial charge in [0.05, 0.1) is 17.9 Å². The number of cyclic esters (lactones) is 1. The molecule has 0 bridgehead atoms. The Morgan fingerprint density at radius 3 is 2.57 bits per heavy atom. The molecule has 0 amide bonds. The molecule has 1 heterocycles. The van der Waals surface area contributed by atoms with Gasteiger partial charge in [-0.05, 0) is 76.0 Å². The van der Waals surface area contributed by atoms with Gasteiger partial charge in [0.25, 0.3) is 0 Å². The molecule has 3 fully saturated rings. The molecule has 3 aliphatic rings. The van der Waals surface area contributed by atoms with E-state index in [2.05, 4.69) is 13.8 Å². The second kappa shape index (κ2) is 9.58. The van der Waals surface area contributed by atoms with E-state index in [0.717, 1.165) is 25.7 Å². The van der Waals surface area contributed by atoms with Gasteiger partial charge in [-0.15, -0.1) is 0 Å². The minimum atomic E-state index is -0.576. The van der Waals surface area contributed by atoms with Gasteiger partial charge >= 0.3 is 11.9 Å². The Bertz CT molecular complexity index is 615. The predicted molar refractivity (Wildman–Crippen MR) is 116 cm³/mol. The summed E-state index contributed by atoms with van der Waals surface area (Å²) in [6, 6.07) is 0. The number of hydrogen-bond donors (Lipinski definition) is 1. The number of fused-ring (bicyclic) bond motifs is 1. The third-order valence-corrected chi connectivity index (χ3v) is 8.28. The van der Waals surface area contributed by atoms with Crippen LogP contribution in [0.3, 0.4) is 0 Å². The van der Waals surface area contributed by atoms with E-state index >= 15 is 0 Å². The third kappa shape index (κ3) is 5.38. The maximum Gasteiger partial charge on any atom is 0.311 e. The number of rotatable bonds is 6. The molecular formula is C25H42O5. The summed E-state index contributed by atoms with van der Waals surface area (Å²) in [4.78, 5) is 24.6. The molecule has 0 aromatic heterocycles. The fraction of sp³-hybridized carbons (Fsp3) is 0.920. The highest BCUT2D eigenvalue weighted by molar-refractivity contribution is 5.76. The van der Waals surface area contributed by atoms with Crippen LogP contribution in [0.5, 0.6) is 0 Å². The third-order valence-electron chi connectivity index (χ3n) is 8.28. The summed E-state index contributed by atoms with van der Waals surface area (Å²) in [6.45, 7) is 10.6. The van der Waals surface area contributed by atoms with Crippen molar-refractivity contribution in [3.05, 3.63) is 0 Å². The highest BCUT2D eigenvalue weighted by atomic mass is 16.6. The Balaban J connectivity index is 1.72. The molecule has 5 heteroatoms. The monoisotopic (exact) mass is 422 g/mol. The van der Waals surface area contributed by atoms with Crippen LogP contribution < -0.4 is 0 Å². The summed E-state index contributed by atoms with van der Waals surface area (Å²) in [5.41, 5.74) is -0.446. The molecule has 1 N–H and O–H groups in total. The molecule has 0 radical (unpaired) electrons. The van der Waals surface area contributed by atoms with Gasteiger partial charge in [0.15, 0.2) is 0 Å². The first-order valence-electron chi connectivity index (χ1n) is 12.2. The fourth-order valence-corrected chi connectivity index (χ4v) is 6.09. The highest BCUT2D eigenvalue weighted by Crippen LogP contribution is 2.51. The second-order valence-corrected chi connectivity index (χ2v) is 11.1. The molecule has 8 atom stereocenters. The first kappa shape index (κ1) is 23.6. The quantitative estimate of drug-likeness (QED) is 0.617. The van der Waals surface area contributed by atoms with Crippen LogP contribution in [-0.4, -0.2) is 35.4 Å². The highest BCUT2D eigenvalue weighted by Gasteiger charge is 2.47. The van der Waals surface area contributed by atoms with Crippen molar-refractivity contribution in [2.24, 2.45) is 35.0 Å². The average Bonchev–Trinajstić information content (AvgIpc) is 2.66. The van der Waals surface area contributed by atoms with Crippen LogP contribution in [-0.2, 0) is 19.1 Å². The van der Waals surface area contributed by atoms with Crippen molar-refractivity contribution in [2.45, 2.75) is 111 Å². The van der Waals surface area contributed by atoms with Crippen molar-refractivity contribution in [2.75, 3.05) is 0 Å². The average molecular weight is 423 g/mol. The zero-order chi connectivity index (χ0) is 22.1. The number of ether oxygens (including phenoxy) is 2. The summed E-state index contributed by atoms with van der Waals surface area (Å²) in [6.07, 6.45) is 7.02. The lowest BCUT2D eigenvalue weighted by molar-refractivity contribution is -0.174. The van der Waals surface area contributed by atoms with Crippen LogP contribution in [0.4, 0.5) is 0 Å². The zero-order valence-corrected chi connectivity index (χ0v) is 19.6. The van der Waals surface area contributed by atoms with Crippen LogP contribution in [0, 0.1) is 35.0 Å². The molecule has 3 unspecified atom stereocenters. The lowest BCUT2D eigenvalue weighted by Gasteiger charge is -2.50. The maximum atomic E-state index is 12.9. The summed E-state index contributed by atoms with van der Waals surface area (Å²) in [7, 11) is 0. The van der Waals surface area contributed by atoms with E-state index < -0.39 is 11.5 Å². The van der Waals surface area contributed by atoms with Gasteiger partial charge in [0.2, 0.25) is 0 Å². The van der Waals surface area contributed by atoms with E-state index in [4.69, 9.17) is 9.47 Å². The number of esters is 2. The van der Waals surface area contributed by atoms with E-state index in [-0.39, 0.29) is 30.6 Å². The van der Waals surface area contributed by atoms with E-state index in [9.17, 15) is 14.7 Å². The van der Waals surface area contributed by atoms with Crippen LogP contribution >= 0.6 is 0 Å². The molecule has 30 heavy (non-hydrogen) atoms. The largest absolute Gasteiger partial charge is 0.462 e. The molecule has 0 spiro atoms. The lowest BCUT2D eigenvalue weighted by atomic mass is 9.58. The standard InChI is InChI=1S/C25H42O5/c1-6-25(4,5)24(28)30-21-12-15(2)11-17-8-7-16(3)20(23(17)21)10-9-19-13-18(26)14-22(27)29-19/h15-21,23,26H,6-14H2,1-5H3/t15-,16?,17-,18+,19+,20?,21-,23?/m0/s1. The zero-order valence-electron chi connectivity index (χ0n) is 19.6. The number of carbonyl (C=O) groups excluding carboxylic acids is 2. The molecule has 1 aliphatic heterocycles. The van der Waals surface area contributed by atoms with Gasteiger partial charge < -0.3 is 14.6 Å². The van der Waals surface area contributed by atoms with Crippen LogP contribution in [0.25, 0.3) is 0 Å². The Hall–Kier alpha value is -1.10. The van der Waals surface area contributed by atoms with Gasteiger partial charge in [0.1, 0.15) is 12.2 Å². The molecular weight excluding hydrogens is 380 g/mol. The molecule has 5 nitrogen and oxygen atoms in total.